The molecule has 0 aliphatic heterocycles. The van der Waals surface area contributed by atoms with Crippen LogP contribution in [0.15, 0.2) is 65.5 Å². The van der Waals surface area contributed by atoms with E-state index in [4.69, 9.17) is 0 Å². The van der Waals surface area contributed by atoms with Crippen LogP contribution in [0, 0.1) is 6.92 Å². The van der Waals surface area contributed by atoms with Crippen molar-refractivity contribution in [2.24, 2.45) is 0 Å². The second-order valence-corrected chi connectivity index (χ2v) is 5.01. The van der Waals surface area contributed by atoms with Crippen molar-refractivity contribution in [1.29, 1.82) is 0 Å². The zero-order valence-corrected chi connectivity index (χ0v) is 11.8. The van der Waals surface area contributed by atoms with Gasteiger partial charge in [0.05, 0.1) is 0 Å². The molecular formula is C18H16N2O. The Labute approximate surface area is 123 Å². The summed E-state index contributed by atoms with van der Waals surface area (Å²) in [7, 11) is 0. The molecule has 0 spiro atoms. The molecule has 3 rings (SSSR count). The number of hydrogen-bond acceptors (Lipinski definition) is 2. The van der Waals surface area contributed by atoms with Gasteiger partial charge >= 0.3 is 0 Å². The van der Waals surface area contributed by atoms with Crippen LogP contribution in [0.3, 0.4) is 0 Å². The van der Waals surface area contributed by atoms with Gasteiger partial charge < -0.3 is 4.98 Å². The van der Waals surface area contributed by atoms with E-state index in [-0.39, 0.29) is 5.56 Å². The van der Waals surface area contributed by atoms with Crippen molar-refractivity contribution in [3.05, 3.63) is 87.8 Å². The maximum absolute atomic E-state index is 12.3. The van der Waals surface area contributed by atoms with Gasteiger partial charge in [0.1, 0.15) is 5.82 Å². The molecule has 1 N–H and O–H groups in total. The quantitative estimate of drug-likeness (QED) is 0.797. The average molecular weight is 276 g/mol. The van der Waals surface area contributed by atoms with Crippen LogP contribution in [0.25, 0.3) is 11.4 Å². The fraction of sp³-hybridized carbons (Fsp3) is 0.111. The summed E-state index contributed by atoms with van der Waals surface area (Å²) in [5, 5.41) is 0. The first-order chi connectivity index (χ1) is 10.2. The van der Waals surface area contributed by atoms with Gasteiger partial charge in [0, 0.05) is 23.2 Å². The van der Waals surface area contributed by atoms with Gasteiger partial charge in [0.2, 0.25) is 0 Å². The molecular weight excluding hydrogens is 260 g/mol. The molecule has 0 fully saturated rings. The van der Waals surface area contributed by atoms with Crippen LogP contribution in [0.5, 0.6) is 0 Å². The van der Waals surface area contributed by atoms with E-state index in [0.717, 1.165) is 22.4 Å². The summed E-state index contributed by atoms with van der Waals surface area (Å²) >= 11 is 0. The largest absolute Gasteiger partial charge is 0.306 e. The minimum absolute atomic E-state index is 0.0646. The van der Waals surface area contributed by atoms with Gasteiger partial charge in [-0.1, -0.05) is 60.7 Å². The smallest absolute Gasteiger partial charge is 0.254 e. The lowest BCUT2D eigenvalue weighted by Gasteiger charge is -2.07. The molecule has 0 aliphatic carbocycles. The van der Waals surface area contributed by atoms with Crippen molar-refractivity contribution >= 4 is 0 Å². The predicted molar refractivity (Wildman–Crippen MR) is 84.3 cm³/mol. The molecule has 1 heterocycles. The number of H-pyrrole nitrogens is 1. The minimum Gasteiger partial charge on any atom is -0.306 e. The van der Waals surface area contributed by atoms with E-state index in [2.05, 4.69) is 9.97 Å². The summed E-state index contributed by atoms with van der Waals surface area (Å²) in [6, 6.07) is 19.6. The zero-order chi connectivity index (χ0) is 14.7. The highest BCUT2D eigenvalue weighted by molar-refractivity contribution is 5.54. The lowest BCUT2D eigenvalue weighted by atomic mass is 10.0. The van der Waals surface area contributed by atoms with E-state index < -0.39 is 0 Å². The van der Waals surface area contributed by atoms with Crippen molar-refractivity contribution in [1.82, 2.24) is 9.97 Å². The maximum Gasteiger partial charge on any atom is 0.254 e. The number of rotatable bonds is 3. The van der Waals surface area contributed by atoms with E-state index >= 15 is 0 Å². The summed E-state index contributed by atoms with van der Waals surface area (Å²) in [4.78, 5) is 19.8. The normalized spacial score (nSPS) is 10.5. The SMILES string of the molecule is Cc1nc(-c2ccccc2)[nH]c(=O)c1Cc1ccccc1. The fourth-order valence-electron chi connectivity index (χ4n) is 2.35. The van der Waals surface area contributed by atoms with Crippen molar-refractivity contribution in [2.45, 2.75) is 13.3 Å². The van der Waals surface area contributed by atoms with E-state index in [0.29, 0.717) is 12.2 Å². The Morgan fingerprint density at radius 3 is 2.19 bits per heavy atom. The van der Waals surface area contributed by atoms with E-state index in [1.807, 2.05) is 67.6 Å². The Morgan fingerprint density at radius 1 is 0.952 bits per heavy atom. The molecule has 0 radical (unpaired) electrons. The van der Waals surface area contributed by atoms with Gasteiger partial charge in [-0.3, -0.25) is 4.79 Å². The lowest BCUT2D eigenvalue weighted by Crippen LogP contribution is -2.17. The summed E-state index contributed by atoms with van der Waals surface area (Å²) in [5.74, 6) is 0.620. The Balaban J connectivity index is 1.99. The van der Waals surface area contributed by atoms with Crippen LogP contribution in [0.4, 0.5) is 0 Å². The number of hydrogen-bond donors (Lipinski definition) is 1. The number of benzene rings is 2. The number of nitrogens with one attached hydrogen (secondary N) is 1. The molecule has 0 saturated carbocycles. The van der Waals surface area contributed by atoms with Crippen LogP contribution >= 0.6 is 0 Å². The molecule has 2 aromatic carbocycles. The van der Waals surface area contributed by atoms with Crippen LogP contribution in [-0.4, -0.2) is 9.97 Å². The minimum atomic E-state index is -0.0646. The molecule has 3 heteroatoms. The van der Waals surface area contributed by atoms with Gasteiger partial charge in [0.15, 0.2) is 0 Å². The monoisotopic (exact) mass is 276 g/mol. The molecule has 0 unspecified atom stereocenters. The Morgan fingerprint density at radius 2 is 1.57 bits per heavy atom. The second kappa shape index (κ2) is 5.75. The second-order valence-electron chi connectivity index (χ2n) is 5.01. The summed E-state index contributed by atoms with van der Waals surface area (Å²) in [6.45, 7) is 1.89. The molecule has 104 valence electrons. The molecule has 0 amide bonds. The Kier molecular flexibility index (Phi) is 3.65. The first-order valence-electron chi connectivity index (χ1n) is 6.93. The van der Waals surface area contributed by atoms with Crippen molar-refractivity contribution in [3.8, 4) is 11.4 Å². The molecule has 3 nitrogen and oxygen atoms in total. The van der Waals surface area contributed by atoms with Gasteiger partial charge in [-0.05, 0) is 12.5 Å². The average Bonchev–Trinajstić information content (AvgIpc) is 2.52. The van der Waals surface area contributed by atoms with Gasteiger partial charge in [-0.25, -0.2) is 4.98 Å². The van der Waals surface area contributed by atoms with E-state index in [1.165, 1.54) is 0 Å². The number of nitrogens with zero attached hydrogens (tertiary/aromatic N) is 1. The standard InChI is InChI=1S/C18H16N2O/c1-13-16(12-14-8-4-2-5-9-14)18(21)20-17(19-13)15-10-6-3-7-11-15/h2-11H,12H2,1H3,(H,19,20,21). The highest BCUT2D eigenvalue weighted by Crippen LogP contribution is 2.15. The number of aryl methyl sites for hydroxylation is 1. The summed E-state index contributed by atoms with van der Waals surface area (Å²) < 4.78 is 0. The predicted octanol–water partition coefficient (Wildman–Crippen LogP) is 3.34. The van der Waals surface area contributed by atoms with Gasteiger partial charge in [0.25, 0.3) is 5.56 Å². The maximum atomic E-state index is 12.3. The number of aromatic amines is 1. The Hall–Kier alpha value is -2.68. The molecule has 1 aromatic heterocycles. The molecule has 0 saturated heterocycles. The first kappa shape index (κ1) is 13.3. The van der Waals surface area contributed by atoms with Crippen molar-refractivity contribution in [3.63, 3.8) is 0 Å². The molecule has 21 heavy (non-hydrogen) atoms. The zero-order valence-electron chi connectivity index (χ0n) is 11.8. The third-order valence-electron chi connectivity index (χ3n) is 3.49. The van der Waals surface area contributed by atoms with Crippen LogP contribution in [0.2, 0.25) is 0 Å². The van der Waals surface area contributed by atoms with Crippen molar-refractivity contribution < 1.29 is 0 Å². The van der Waals surface area contributed by atoms with Gasteiger partial charge in [-0.15, -0.1) is 0 Å². The molecule has 0 bridgehead atoms. The molecule has 0 atom stereocenters. The fourth-order valence-corrected chi connectivity index (χ4v) is 2.35. The highest BCUT2D eigenvalue weighted by Gasteiger charge is 2.09. The van der Waals surface area contributed by atoms with E-state index in [9.17, 15) is 4.79 Å². The first-order valence-corrected chi connectivity index (χ1v) is 6.93. The molecule has 3 aromatic rings. The third-order valence-corrected chi connectivity index (χ3v) is 3.49. The number of aromatic nitrogens is 2. The third kappa shape index (κ3) is 2.92. The molecule has 0 aliphatic rings. The van der Waals surface area contributed by atoms with Gasteiger partial charge in [-0.2, -0.15) is 0 Å². The van der Waals surface area contributed by atoms with Crippen molar-refractivity contribution in [2.75, 3.05) is 0 Å². The lowest BCUT2D eigenvalue weighted by molar-refractivity contribution is 0.987. The van der Waals surface area contributed by atoms with Crippen LogP contribution in [-0.2, 0) is 6.42 Å². The van der Waals surface area contributed by atoms with E-state index in [1.54, 1.807) is 0 Å². The summed E-state index contributed by atoms with van der Waals surface area (Å²) in [6.07, 6.45) is 0.601. The van der Waals surface area contributed by atoms with Crippen LogP contribution in [0.1, 0.15) is 16.8 Å². The van der Waals surface area contributed by atoms with Crippen LogP contribution < -0.4 is 5.56 Å². The Bertz CT molecular complexity index is 792. The highest BCUT2D eigenvalue weighted by atomic mass is 16.1. The topological polar surface area (TPSA) is 45.8 Å². The summed E-state index contributed by atoms with van der Waals surface area (Å²) in [5.41, 5.74) is 3.47.